The molecule has 1 aliphatic carbocycles. The highest BCUT2D eigenvalue weighted by molar-refractivity contribution is 5.94. The Balaban J connectivity index is 1.28. The van der Waals surface area contributed by atoms with Gasteiger partial charge in [0.1, 0.15) is 0 Å². The van der Waals surface area contributed by atoms with Gasteiger partial charge in [0, 0.05) is 37.3 Å². The summed E-state index contributed by atoms with van der Waals surface area (Å²) in [5, 5.41) is 12.0. The number of nitrogens with one attached hydrogen (secondary N) is 1. The summed E-state index contributed by atoms with van der Waals surface area (Å²) in [4.78, 5) is 29.5. The number of likely N-dealkylation sites (tertiary alicyclic amines) is 2. The highest BCUT2D eigenvalue weighted by Crippen LogP contribution is 2.26. The summed E-state index contributed by atoms with van der Waals surface area (Å²) in [7, 11) is 0. The maximum absolute atomic E-state index is 12.7. The van der Waals surface area contributed by atoms with E-state index in [0.717, 1.165) is 64.7 Å². The average molecular weight is 380 g/mol. The molecule has 1 N–H and O–H groups in total. The van der Waals surface area contributed by atoms with Crippen LogP contribution in [0.2, 0.25) is 0 Å². The van der Waals surface area contributed by atoms with Crippen LogP contribution in [0.3, 0.4) is 0 Å². The van der Waals surface area contributed by atoms with Crippen LogP contribution in [-0.4, -0.2) is 59.9 Å². The van der Waals surface area contributed by atoms with E-state index >= 15 is 0 Å². The third kappa shape index (κ3) is 4.36. The third-order valence-corrected chi connectivity index (χ3v) is 6.28. The number of nitrogens with zero attached hydrogens (tertiary/aromatic N) is 3. The van der Waals surface area contributed by atoms with Crippen LogP contribution < -0.4 is 5.32 Å². The smallest absolute Gasteiger partial charge is 0.253 e. The lowest BCUT2D eigenvalue weighted by atomic mass is 9.93. The van der Waals surface area contributed by atoms with Crippen molar-refractivity contribution in [1.29, 1.82) is 5.26 Å². The average Bonchev–Trinajstić information content (AvgIpc) is 3.57. The van der Waals surface area contributed by atoms with Crippen LogP contribution in [-0.2, 0) is 4.79 Å². The van der Waals surface area contributed by atoms with Crippen molar-refractivity contribution in [1.82, 2.24) is 15.1 Å². The van der Waals surface area contributed by atoms with Gasteiger partial charge in [-0.15, -0.1) is 0 Å². The first-order chi connectivity index (χ1) is 13.6. The number of hydrogen-bond acceptors (Lipinski definition) is 4. The minimum Gasteiger partial charge on any atom is -0.353 e. The van der Waals surface area contributed by atoms with Gasteiger partial charge in [-0.3, -0.25) is 14.5 Å². The molecule has 0 bridgehead atoms. The van der Waals surface area contributed by atoms with Crippen LogP contribution in [0, 0.1) is 17.2 Å². The minimum atomic E-state index is 0.0447. The Kier molecular flexibility index (Phi) is 5.63. The van der Waals surface area contributed by atoms with E-state index in [1.807, 2.05) is 4.90 Å². The first-order valence-electron chi connectivity index (χ1n) is 10.5. The number of rotatable bonds is 4. The summed E-state index contributed by atoms with van der Waals surface area (Å²) >= 11 is 0. The Labute approximate surface area is 166 Å². The highest BCUT2D eigenvalue weighted by Gasteiger charge is 2.34. The lowest BCUT2D eigenvalue weighted by molar-refractivity contribution is -0.127. The van der Waals surface area contributed by atoms with E-state index in [-0.39, 0.29) is 17.7 Å². The molecule has 0 unspecified atom stereocenters. The predicted octanol–water partition coefficient (Wildman–Crippen LogP) is 2.15. The zero-order valence-electron chi connectivity index (χ0n) is 16.3. The summed E-state index contributed by atoms with van der Waals surface area (Å²) in [5.74, 6) is 0.400. The molecule has 2 aliphatic heterocycles. The molecule has 0 spiro atoms. The first-order valence-corrected chi connectivity index (χ1v) is 10.5. The van der Waals surface area contributed by atoms with Gasteiger partial charge in [0.2, 0.25) is 5.91 Å². The quantitative estimate of drug-likeness (QED) is 0.868. The fraction of sp³-hybridized carbons (Fsp3) is 0.591. The Morgan fingerprint density at radius 3 is 2.36 bits per heavy atom. The lowest BCUT2D eigenvalue weighted by Gasteiger charge is -2.42. The van der Waals surface area contributed by atoms with Gasteiger partial charge >= 0.3 is 0 Å². The van der Waals surface area contributed by atoms with Gasteiger partial charge in [-0.1, -0.05) is 0 Å². The topological polar surface area (TPSA) is 76.4 Å². The second-order valence-corrected chi connectivity index (χ2v) is 8.33. The van der Waals surface area contributed by atoms with Crippen molar-refractivity contribution in [2.45, 2.75) is 50.6 Å². The normalized spacial score (nSPS) is 23.8. The molecule has 1 saturated carbocycles. The van der Waals surface area contributed by atoms with Gasteiger partial charge in [-0.05, 0) is 69.3 Å². The molecule has 2 amide bonds. The number of carbonyl (C=O) groups is 2. The molecule has 1 aromatic rings. The molecule has 2 heterocycles. The van der Waals surface area contributed by atoms with E-state index in [0.29, 0.717) is 23.2 Å². The van der Waals surface area contributed by atoms with Crippen LogP contribution in [0.4, 0.5) is 0 Å². The van der Waals surface area contributed by atoms with Gasteiger partial charge in [0.25, 0.3) is 5.91 Å². The monoisotopic (exact) mass is 380 g/mol. The van der Waals surface area contributed by atoms with E-state index < -0.39 is 0 Å². The zero-order valence-corrected chi connectivity index (χ0v) is 16.3. The molecule has 0 radical (unpaired) electrons. The molecule has 1 atom stereocenters. The first kappa shape index (κ1) is 18.9. The van der Waals surface area contributed by atoms with E-state index in [4.69, 9.17) is 5.26 Å². The SMILES string of the molecule is N#Cc1ccc(C(=O)N2CCC(N3CCC[C@@H](C(=O)NC4CC4)C3)CC2)cc1. The molecule has 0 aromatic heterocycles. The van der Waals surface area contributed by atoms with Crippen LogP contribution in [0.5, 0.6) is 0 Å². The second-order valence-electron chi connectivity index (χ2n) is 8.33. The van der Waals surface area contributed by atoms with Gasteiger partial charge < -0.3 is 10.2 Å². The Hall–Kier alpha value is -2.39. The maximum Gasteiger partial charge on any atom is 0.253 e. The number of carbonyl (C=O) groups excluding carboxylic acids is 2. The highest BCUT2D eigenvalue weighted by atomic mass is 16.2. The van der Waals surface area contributed by atoms with E-state index in [9.17, 15) is 9.59 Å². The van der Waals surface area contributed by atoms with Crippen molar-refractivity contribution < 1.29 is 9.59 Å². The summed E-state index contributed by atoms with van der Waals surface area (Å²) in [6.07, 6.45) is 6.25. The van der Waals surface area contributed by atoms with Crippen molar-refractivity contribution >= 4 is 11.8 Å². The van der Waals surface area contributed by atoms with Gasteiger partial charge in [-0.2, -0.15) is 5.26 Å². The van der Waals surface area contributed by atoms with Crippen LogP contribution in [0.15, 0.2) is 24.3 Å². The predicted molar refractivity (Wildman–Crippen MR) is 106 cm³/mol. The van der Waals surface area contributed by atoms with Gasteiger partial charge in [0.05, 0.1) is 17.6 Å². The van der Waals surface area contributed by atoms with Crippen molar-refractivity contribution in [3.8, 4) is 6.07 Å². The van der Waals surface area contributed by atoms with E-state index in [1.165, 1.54) is 0 Å². The second kappa shape index (κ2) is 8.32. The van der Waals surface area contributed by atoms with Crippen molar-refractivity contribution in [3.63, 3.8) is 0 Å². The molecule has 4 rings (SSSR count). The number of piperidine rings is 2. The van der Waals surface area contributed by atoms with Crippen LogP contribution in [0.25, 0.3) is 0 Å². The van der Waals surface area contributed by atoms with E-state index in [1.54, 1.807) is 24.3 Å². The molecular weight excluding hydrogens is 352 g/mol. The summed E-state index contributed by atoms with van der Waals surface area (Å²) in [5.41, 5.74) is 1.22. The fourth-order valence-corrected chi connectivity index (χ4v) is 4.40. The summed E-state index contributed by atoms with van der Waals surface area (Å²) < 4.78 is 0. The lowest BCUT2D eigenvalue weighted by Crippen LogP contribution is -2.51. The van der Waals surface area contributed by atoms with Crippen molar-refractivity contribution in [2.24, 2.45) is 5.92 Å². The molecule has 148 valence electrons. The maximum atomic E-state index is 12.7. The zero-order chi connectivity index (χ0) is 19.5. The van der Waals surface area contributed by atoms with Crippen LogP contribution >= 0.6 is 0 Å². The largest absolute Gasteiger partial charge is 0.353 e. The Bertz CT molecular complexity index is 758. The molecule has 3 fully saturated rings. The minimum absolute atomic E-state index is 0.0447. The van der Waals surface area contributed by atoms with Crippen LogP contribution in [0.1, 0.15) is 54.4 Å². The number of benzene rings is 1. The summed E-state index contributed by atoms with van der Waals surface area (Å²) in [6.45, 7) is 3.41. The number of amides is 2. The molecule has 6 heteroatoms. The molecule has 28 heavy (non-hydrogen) atoms. The van der Waals surface area contributed by atoms with Gasteiger partial charge in [0.15, 0.2) is 0 Å². The molecule has 6 nitrogen and oxygen atoms in total. The molecule has 1 aromatic carbocycles. The molecular formula is C22H28N4O2. The molecule has 2 saturated heterocycles. The van der Waals surface area contributed by atoms with Crippen molar-refractivity contribution in [3.05, 3.63) is 35.4 Å². The fourth-order valence-electron chi connectivity index (χ4n) is 4.40. The van der Waals surface area contributed by atoms with Gasteiger partial charge in [-0.25, -0.2) is 0 Å². The standard InChI is InChI=1S/C22H28N4O2/c23-14-16-3-5-17(6-4-16)22(28)25-12-9-20(10-13-25)26-11-1-2-18(15-26)21(27)24-19-7-8-19/h3-6,18-20H,1-2,7-13,15H2,(H,24,27)/t18-/m1/s1. The molecule has 3 aliphatic rings. The Morgan fingerprint density at radius 1 is 1.00 bits per heavy atom. The summed E-state index contributed by atoms with van der Waals surface area (Å²) in [6, 6.07) is 9.83. The third-order valence-electron chi connectivity index (χ3n) is 6.28. The number of nitriles is 1. The van der Waals surface area contributed by atoms with Crippen molar-refractivity contribution in [2.75, 3.05) is 26.2 Å². The number of hydrogen-bond donors (Lipinski definition) is 1. The van der Waals surface area contributed by atoms with E-state index in [2.05, 4.69) is 16.3 Å². The Morgan fingerprint density at radius 2 is 1.71 bits per heavy atom.